The normalized spacial score (nSPS) is 29.6. The van der Waals surface area contributed by atoms with Crippen LogP contribution < -0.4 is 5.32 Å². The molecule has 0 radical (unpaired) electrons. The first-order chi connectivity index (χ1) is 8.65. The number of anilines is 1. The Morgan fingerprint density at radius 2 is 2.17 bits per heavy atom. The molecule has 2 fully saturated rings. The Morgan fingerprint density at radius 1 is 1.33 bits per heavy atom. The van der Waals surface area contributed by atoms with Crippen molar-refractivity contribution in [2.75, 3.05) is 5.32 Å². The molecule has 3 heteroatoms. The molecule has 0 saturated heterocycles. The van der Waals surface area contributed by atoms with E-state index in [0.717, 1.165) is 12.3 Å². The van der Waals surface area contributed by atoms with Gasteiger partial charge in [0.05, 0.1) is 5.69 Å². The van der Waals surface area contributed by atoms with E-state index < -0.39 is 0 Å². The van der Waals surface area contributed by atoms with E-state index >= 15 is 0 Å². The van der Waals surface area contributed by atoms with Crippen LogP contribution in [0.1, 0.15) is 31.2 Å². The van der Waals surface area contributed by atoms with Gasteiger partial charge < -0.3 is 5.32 Å². The predicted octanol–water partition coefficient (Wildman–Crippen LogP) is 3.51. The third kappa shape index (κ3) is 1.92. The van der Waals surface area contributed by atoms with Crippen LogP contribution in [0, 0.1) is 30.5 Å². The van der Waals surface area contributed by atoms with Crippen LogP contribution in [-0.2, 0) is 4.79 Å². The quantitative estimate of drug-likeness (QED) is 0.851. The van der Waals surface area contributed by atoms with Gasteiger partial charge in [-0.2, -0.15) is 0 Å². The van der Waals surface area contributed by atoms with Gasteiger partial charge in [-0.15, -0.1) is 0 Å². The maximum Gasteiger partial charge on any atom is 0.227 e. The van der Waals surface area contributed by atoms with Gasteiger partial charge >= 0.3 is 0 Å². The number of fused-ring (bicyclic) bond motifs is 2. The molecule has 0 aromatic heterocycles. The minimum atomic E-state index is -0.311. The molecule has 0 spiro atoms. The van der Waals surface area contributed by atoms with E-state index in [1.165, 1.54) is 19.3 Å². The van der Waals surface area contributed by atoms with Crippen LogP contribution in [0.4, 0.5) is 10.1 Å². The molecule has 0 heterocycles. The van der Waals surface area contributed by atoms with Crippen LogP contribution >= 0.6 is 0 Å². The summed E-state index contributed by atoms with van der Waals surface area (Å²) in [6, 6.07) is 5.12. The van der Waals surface area contributed by atoms with Crippen molar-refractivity contribution in [3.05, 3.63) is 29.6 Å². The van der Waals surface area contributed by atoms with Gasteiger partial charge in [0.2, 0.25) is 5.91 Å². The molecule has 1 N–H and O–H groups in total. The predicted molar refractivity (Wildman–Crippen MR) is 68.7 cm³/mol. The molecule has 3 unspecified atom stereocenters. The zero-order chi connectivity index (χ0) is 12.7. The lowest BCUT2D eigenvalue weighted by molar-refractivity contribution is -0.121. The molecule has 2 nitrogen and oxygen atoms in total. The molecular weight excluding hydrogens is 229 g/mol. The lowest BCUT2D eigenvalue weighted by Crippen LogP contribution is -2.27. The van der Waals surface area contributed by atoms with Crippen molar-refractivity contribution in [3.8, 4) is 0 Å². The van der Waals surface area contributed by atoms with Crippen LogP contribution in [0.25, 0.3) is 0 Å². The SMILES string of the molecule is Cc1cccc(NC(=O)C2CC3CCC2C3)c1F. The monoisotopic (exact) mass is 247 g/mol. The van der Waals surface area contributed by atoms with E-state index in [0.29, 0.717) is 17.2 Å². The largest absolute Gasteiger partial charge is 0.323 e. The second-order valence-electron chi connectivity index (χ2n) is 5.71. The zero-order valence-corrected chi connectivity index (χ0v) is 10.6. The van der Waals surface area contributed by atoms with Gasteiger partial charge in [0.15, 0.2) is 0 Å². The molecule has 2 saturated carbocycles. The molecule has 3 rings (SSSR count). The first-order valence-corrected chi connectivity index (χ1v) is 6.71. The number of hydrogen-bond donors (Lipinski definition) is 1. The van der Waals surface area contributed by atoms with Crippen LogP contribution in [0.5, 0.6) is 0 Å². The van der Waals surface area contributed by atoms with Gasteiger partial charge in [-0.25, -0.2) is 4.39 Å². The number of carbonyl (C=O) groups is 1. The van der Waals surface area contributed by atoms with E-state index in [9.17, 15) is 9.18 Å². The fourth-order valence-electron chi connectivity index (χ4n) is 3.54. The van der Waals surface area contributed by atoms with Crippen molar-refractivity contribution >= 4 is 11.6 Å². The lowest BCUT2D eigenvalue weighted by atomic mass is 9.88. The average molecular weight is 247 g/mol. The highest BCUT2D eigenvalue weighted by molar-refractivity contribution is 5.93. The summed E-state index contributed by atoms with van der Waals surface area (Å²) >= 11 is 0. The van der Waals surface area contributed by atoms with Gasteiger partial charge in [0.1, 0.15) is 5.82 Å². The number of amides is 1. The van der Waals surface area contributed by atoms with Gasteiger partial charge in [-0.3, -0.25) is 4.79 Å². The van der Waals surface area contributed by atoms with E-state index in [1.54, 1.807) is 25.1 Å². The molecular formula is C15H18FNO. The summed E-state index contributed by atoms with van der Waals surface area (Å²) in [6.07, 6.45) is 4.62. The van der Waals surface area contributed by atoms with Crippen LogP contribution in [0.15, 0.2) is 18.2 Å². The third-order valence-corrected chi connectivity index (χ3v) is 4.52. The molecule has 2 bridgehead atoms. The molecule has 0 aliphatic heterocycles. The molecule has 96 valence electrons. The van der Waals surface area contributed by atoms with Crippen molar-refractivity contribution < 1.29 is 9.18 Å². The number of nitrogens with one attached hydrogen (secondary N) is 1. The Bertz CT molecular complexity index is 485. The molecule has 2 aliphatic rings. The lowest BCUT2D eigenvalue weighted by Gasteiger charge is -2.21. The number of hydrogen-bond acceptors (Lipinski definition) is 1. The summed E-state index contributed by atoms with van der Waals surface area (Å²) < 4.78 is 13.8. The molecule has 18 heavy (non-hydrogen) atoms. The Hall–Kier alpha value is -1.38. The highest BCUT2D eigenvalue weighted by Gasteiger charge is 2.43. The summed E-state index contributed by atoms with van der Waals surface area (Å²) in [7, 11) is 0. The zero-order valence-electron chi connectivity index (χ0n) is 10.6. The average Bonchev–Trinajstić information content (AvgIpc) is 2.97. The van der Waals surface area contributed by atoms with Gasteiger partial charge in [-0.05, 0) is 49.7 Å². The summed E-state index contributed by atoms with van der Waals surface area (Å²) in [5, 5.41) is 2.76. The smallest absolute Gasteiger partial charge is 0.227 e. The van der Waals surface area contributed by atoms with Crippen LogP contribution in [-0.4, -0.2) is 5.91 Å². The topological polar surface area (TPSA) is 29.1 Å². The van der Waals surface area contributed by atoms with E-state index in [4.69, 9.17) is 0 Å². The Kier molecular flexibility index (Phi) is 2.84. The molecule has 1 amide bonds. The molecule has 2 aliphatic carbocycles. The molecule has 3 atom stereocenters. The number of aryl methyl sites for hydroxylation is 1. The van der Waals surface area contributed by atoms with Crippen LogP contribution in [0.3, 0.4) is 0 Å². The second-order valence-corrected chi connectivity index (χ2v) is 5.71. The Balaban J connectivity index is 1.73. The fraction of sp³-hybridized carbons (Fsp3) is 0.533. The van der Waals surface area contributed by atoms with Crippen molar-refractivity contribution in [2.45, 2.75) is 32.6 Å². The first-order valence-electron chi connectivity index (χ1n) is 6.71. The highest BCUT2D eigenvalue weighted by Crippen LogP contribution is 2.48. The highest BCUT2D eigenvalue weighted by atomic mass is 19.1. The van der Waals surface area contributed by atoms with Gasteiger partial charge in [0, 0.05) is 5.92 Å². The minimum Gasteiger partial charge on any atom is -0.323 e. The minimum absolute atomic E-state index is 0.00620. The Labute approximate surface area is 107 Å². The summed E-state index contributed by atoms with van der Waals surface area (Å²) in [4.78, 5) is 12.2. The van der Waals surface area contributed by atoms with Gasteiger partial charge in [0.25, 0.3) is 0 Å². The molecule has 1 aromatic rings. The summed E-state index contributed by atoms with van der Waals surface area (Å²) in [5.41, 5.74) is 0.892. The summed E-state index contributed by atoms with van der Waals surface area (Å²) in [6.45, 7) is 1.71. The summed E-state index contributed by atoms with van der Waals surface area (Å²) in [5.74, 6) is 1.06. The van der Waals surface area contributed by atoms with Crippen LogP contribution in [0.2, 0.25) is 0 Å². The molecule has 1 aromatic carbocycles. The number of rotatable bonds is 2. The Morgan fingerprint density at radius 3 is 2.83 bits per heavy atom. The van der Waals surface area contributed by atoms with E-state index in [1.807, 2.05) is 0 Å². The van der Waals surface area contributed by atoms with Crippen molar-refractivity contribution in [1.82, 2.24) is 0 Å². The number of benzene rings is 1. The first kappa shape index (κ1) is 11.7. The van der Waals surface area contributed by atoms with E-state index in [-0.39, 0.29) is 17.6 Å². The standard InChI is InChI=1S/C15H18FNO/c1-9-3-2-4-13(14(9)16)17-15(18)12-8-10-5-6-11(12)7-10/h2-4,10-12H,5-8H2,1H3,(H,17,18). The van der Waals surface area contributed by atoms with E-state index in [2.05, 4.69) is 5.32 Å². The number of halogens is 1. The fourth-order valence-corrected chi connectivity index (χ4v) is 3.54. The second kappa shape index (κ2) is 4.38. The van der Waals surface area contributed by atoms with Crippen molar-refractivity contribution in [2.24, 2.45) is 17.8 Å². The third-order valence-electron chi connectivity index (χ3n) is 4.52. The number of carbonyl (C=O) groups excluding carboxylic acids is 1. The van der Waals surface area contributed by atoms with Crippen molar-refractivity contribution in [3.63, 3.8) is 0 Å². The maximum atomic E-state index is 13.8. The van der Waals surface area contributed by atoms with Gasteiger partial charge in [-0.1, -0.05) is 18.6 Å². The van der Waals surface area contributed by atoms with Crippen molar-refractivity contribution in [1.29, 1.82) is 0 Å². The maximum absolute atomic E-state index is 13.8.